The number of rotatable bonds is 8. The van der Waals surface area contributed by atoms with E-state index < -0.39 is 46.2 Å². The van der Waals surface area contributed by atoms with E-state index in [4.69, 9.17) is 4.74 Å². The van der Waals surface area contributed by atoms with Crippen LogP contribution in [0.4, 0.5) is 28.0 Å². The third kappa shape index (κ3) is 7.44. The molecule has 0 aliphatic heterocycles. The average Bonchev–Trinajstić information content (AvgIpc) is 3.38. The molecule has 1 unspecified atom stereocenters. The second-order valence-electron chi connectivity index (χ2n) is 8.35. The summed E-state index contributed by atoms with van der Waals surface area (Å²) in [5.74, 6) is -6.06. The van der Waals surface area contributed by atoms with Crippen molar-refractivity contribution in [3.63, 3.8) is 0 Å². The second-order valence-corrected chi connectivity index (χ2v) is 9.13. The van der Waals surface area contributed by atoms with Gasteiger partial charge in [0.25, 0.3) is 0 Å². The fraction of sp³-hybridized carbons (Fsp3) is 0.185. The van der Waals surface area contributed by atoms with Crippen LogP contribution in [0.15, 0.2) is 66.9 Å². The number of fused-ring (bicyclic) bond motifs is 1. The molecule has 0 fully saturated rings. The van der Waals surface area contributed by atoms with Crippen LogP contribution in [-0.4, -0.2) is 43.5 Å². The van der Waals surface area contributed by atoms with Crippen LogP contribution in [0.25, 0.3) is 10.9 Å². The van der Waals surface area contributed by atoms with E-state index in [0.29, 0.717) is 18.4 Å². The molecule has 0 saturated carbocycles. The molecule has 0 bridgehead atoms. The molecular weight excluding hydrogens is 536 g/mol. The van der Waals surface area contributed by atoms with Crippen LogP contribution in [0.3, 0.4) is 0 Å². The van der Waals surface area contributed by atoms with E-state index in [1.165, 1.54) is 5.69 Å². The lowest BCUT2D eigenvalue weighted by Gasteiger charge is -2.14. The van der Waals surface area contributed by atoms with Crippen molar-refractivity contribution in [2.45, 2.75) is 12.5 Å². The minimum Gasteiger partial charge on any atom is -0.497 e. The maximum absolute atomic E-state index is 14.0. The Bertz CT molecular complexity index is 1420. The zero-order chi connectivity index (χ0) is 28.5. The lowest BCUT2D eigenvalue weighted by Crippen LogP contribution is -2.42. The molecule has 1 heterocycles. The Morgan fingerprint density at radius 3 is 2.21 bits per heavy atom. The van der Waals surface area contributed by atoms with E-state index in [0.717, 1.165) is 27.5 Å². The van der Waals surface area contributed by atoms with Crippen LogP contribution in [0.2, 0.25) is 0 Å². The van der Waals surface area contributed by atoms with Crippen molar-refractivity contribution in [2.75, 3.05) is 26.1 Å². The number of amides is 2. The van der Waals surface area contributed by atoms with Crippen LogP contribution < -0.4 is 19.7 Å². The standard InChI is InChI=1S/C18H13F4N3O2S.C9H13NO/c19-13-12-6-7-25(17(12)16(22)15(21)14(13)20)28-24-18(27)23-11(9-26)8-10-4-2-1-3-5-10;1-10(2)8-4-6-9(11-3)7-5-8/h1-7,9,11H,8H2,(H2,23,24,27);4-7H,1-3H3. The number of carbonyl (C=O) groups is 2. The van der Waals surface area contributed by atoms with E-state index >= 15 is 0 Å². The highest BCUT2D eigenvalue weighted by atomic mass is 32.2. The molecule has 0 aliphatic carbocycles. The van der Waals surface area contributed by atoms with Crippen molar-refractivity contribution in [3.05, 3.63) is 95.7 Å². The molecule has 1 aromatic heterocycles. The Balaban J connectivity index is 0.000000320. The molecule has 12 heteroatoms. The summed E-state index contributed by atoms with van der Waals surface area (Å²) in [5, 5.41) is 1.95. The molecule has 39 heavy (non-hydrogen) atoms. The van der Waals surface area contributed by atoms with Gasteiger partial charge in [-0.05, 0) is 42.3 Å². The van der Waals surface area contributed by atoms with Crippen molar-refractivity contribution in [2.24, 2.45) is 0 Å². The maximum atomic E-state index is 14.0. The largest absolute Gasteiger partial charge is 0.497 e. The number of nitrogens with zero attached hydrogens (tertiary/aromatic N) is 2. The first-order chi connectivity index (χ1) is 18.7. The van der Waals surface area contributed by atoms with Crippen molar-refractivity contribution in [1.29, 1.82) is 0 Å². The van der Waals surface area contributed by atoms with Gasteiger partial charge in [-0.3, -0.25) is 8.69 Å². The number of carbonyl (C=O) groups excluding carboxylic acids is 2. The van der Waals surface area contributed by atoms with Gasteiger partial charge in [0.2, 0.25) is 0 Å². The van der Waals surface area contributed by atoms with Gasteiger partial charge in [-0.25, -0.2) is 22.4 Å². The van der Waals surface area contributed by atoms with Crippen LogP contribution in [0.1, 0.15) is 5.56 Å². The highest BCUT2D eigenvalue weighted by Gasteiger charge is 2.23. The predicted octanol–water partition coefficient (Wildman–Crippen LogP) is 5.48. The summed E-state index contributed by atoms with van der Waals surface area (Å²) < 4.78 is 62.7. The van der Waals surface area contributed by atoms with Gasteiger partial charge >= 0.3 is 6.03 Å². The molecule has 2 N–H and O–H groups in total. The summed E-state index contributed by atoms with van der Waals surface area (Å²) in [5.41, 5.74) is 1.46. The van der Waals surface area contributed by atoms with E-state index in [9.17, 15) is 27.2 Å². The van der Waals surface area contributed by atoms with Gasteiger partial charge in [0.05, 0.1) is 25.3 Å². The number of hydrogen-bond acceptors (Lipinski definition) is 5. The van der Waals surface area contributed by atoms with Gasteiger partial charge in [0.1, 0.15) is 17.6 Å². The van der Waals surface area contributed by atoms with Crippen LogP contribution in [0.5, 0.6) is 5.75 Å². The average molecular weight is 563 g/mol. The molecule has 4 rings (SSSR count). The number of urea groups is 1. The molecular formula is C27H26F4N4O3S. The highest BCUT2D eigenvalue weighted by molar-refractivity contribution is 7.96. The first-order valence-electron chi connectivity index (χ1n) is 11.5. The van der Waals surface area contributed by atoms with E-state index in [-0.39, 0.29) is 6.42 Å². The third-order valence-electron chi connectivity index (χ3n) is 5.48. The summed E-state index contributed by atoms with van der Waals surface area (Å²) in [6, 6.07) is 16.4. The number of ether oxygens (including phenoxy) is 1. The number of methoxy groups -OCH3 is 1. The summed E-state index contributed by atoms with van der Waals surface area (Å²) in [7, 11) is 5.70. The molecule has 1 atom stereocenters. The van der Waals surface area contributed by atoms with Crippen molar-refractivity contribution in [3.8, 4) is 5.75 Å². The summed E-state index contributed by atoms with van der Waals surface area (Å²) in [6.45, 7) is 0. The first kappa shape index (κ1) is 29.4. The monoisotopic (exact) mass is 562 g/mol. The number of anilines is 1. The van der Waals surface area contributed by atoms with Crippen LogP contribution in [0, 0.1) is 23.3 Å². The predicted molar refractivity (Wildman–Crippen MR) is 144 cm³/mol. The molecule has 0 radical (unpaired) electrons. The summed E-state index contributed by atoms with van der Waals surface area (Å²) in [4.78, 5) is 25.2. The lowest BCUT2D eigenvalue weighted by atomic mass is 10.1. The second kappa shape index (κ2) is 13.6. The Kier molecular flexibility index (Phi) is 10.2. The fourth-order valence-corrected chi connectivity index (χ4v) is 4.10. The molecule has 0 aliphatic rings. The molecule has 0 saturated heterocycles. The van der Waals surface area contributed by atoms with Gasteiger partial charge in [0.15, 0.2) is 23.3 Å². The Morgan fingerprint density at radius 2 is 1.62 bits per heavy atom. The smallest absolute Gasteiger partial charge is 0.326 e. The summed E-state index contributed by atoms with van der Waals surface area (Å²) >= 11 is 0.504. The molecule has 2 amide bonds. The maximum Gasteiger partial charge on any atom is 0.326 e. The number of aldehydes is 1. The van der Waals surface area contributed by atoms with Gasteiger partial charge in [0, 0.05) is 31.4 Å². The Labute approximate surface area is 227 Å². The Morgan fingerprint density at radius 1 is 0.974 bits per heavy atom. The van der Waals surface area contributed by atoms with Gasteiger partial charge in [-0.15, -0.1) is 0 Å². The quantitative estimate of drug-likeness (QED) is 0.0979. The van der Waals surface area contributed by atoms with Gasteiger partial charge in [-0.2, -0.15) is 0 Å². The number of nitrogens with one attached hydrogen (secondary N) is 2. The summed E-state index contributed by atoms with van der Waals surface area (Å²) in [6.07, 6.45) is 1.97. The zero-order valence-electron chi connectivity index (χ0n) is 21.3. The normalized spacial score (nSPS) is 11.3. The van der Waals surface area contributed by atoms with Crippen molar-refractivity contribution >= 4 is 41.0 Å². The third-order valence-corrected chi connectivity index (χ3v) is 6.26. The van der Waals surface area contributed by atoms with Crippen LogP contribution in [-0.2, 0) is 11.2 Å². The number of benzene rings is 3. The highest BCUT2D eigenvalue weighted by Crippen LogP contribution is 2.29. The Hall–Kier alpha value is -4.19. The molecule has 0 spiro atoms. The minimum atomic E-state index is -1.95. The molecule has 3 aromatic carbocycles. The molecule has 4 aromatic rings. The topological polar surface area (TPSA) is 75.6 Å². The van der Waals surface area contributed by atoms with Crippen molar-refractivity contribution < 1.29 is 31.9 Å². The number of aromatic nitrogens is 1. The molecule has 7 nitrogen and oxygen atoms in total. The van der Waals surface area contributed by atoms with Crippen LogP contribution >= 0.6 is 12.1 Å². The lowest BCUT2D eigenvalue weighted by molar-refractivity contribution is -0.109. The van der Waals surface area contributed by atoms with Gasteiger partial charge in [-0.1, -0.05) is 30.3 Å². The minimum absolute atomic E-state index is 0.263. The van der Waals surface area contributed by atoms with E-state index in [1.807, 2.05) is 44.4 Å². The number of halogens is 4. The van der Waals surface area contributed by atoms with Crippen molar-refractivity contribution in [1.82, 2.24) is 14.0 Å². The van der Waals surface area contributed by atoms with E-state index in [1.54, 1.807) is 31.4 Å². The SMILES string of the molecule is COc1ccc(N(C)C)cc1.O=CC(Cc1ccccc1)NC(=O)NSn1ccc2c(F)c(F)c(F)c(F)c21. The number of hydrogen-bond donors (Lipinski definition) is 2. The van der Waals surface area contributed by atoms with E-state index in [2.05, 4.69) is 14.9 Å². The van der Waals surface area contributed by atoms with Gasteiger partial charge < -0.3 is 19.7 Å². The first-order valence-corrected chi connectivity index (χ1v) is 12.3. The fourth-order valence-electron chi connectivity index (χ4n) is 3.47. The molecule has 206 valence electrons. The zero-order valence-corrected chi connectivity index (χ0v) is 22.1.